The van der Waals surface area contributed by atoms with Crippen LogP contribution in [0.5, 0.6) is 11.5 Å². The molecule has 21 heavy (non-hydrogen) atoms. The Morgan fingerprint density at radius 3 is 2.38 bits per heavy atom. The maximum Gasteiger partial charge on any atom is 0.410 e. The first-order valence-corrected chi connectivity index (χ1v) is 7.26. The van der Waals surface area contributed by atoms with Gasteiger partial charge in [-0.1, -0.05) is 6.07 Å². The number of ether oxygens (including phenoxy) is 1. The third-order valence-corrected chi connectivity index (χ3v) is 3.60. The molecule has 0 unspecified atom stereocenters. The Bertz CT molecular complexity index is 513. The number of likely N-dealkylation sites (tertiary alicyclic amines) is 1. The van der Waals surface area contributed by atoms with Crippen LogP contribution in [0, 0.1) is 0 Å². The number of rotatable bonds is 1. The average molecular weight is 293 g/mol. The predicted molar refractivity (Wildman–Crippen MR) is 79.6 cm³/mol. The fraction of sp³-hybridized carbons (Fsp3) is 0.562. The summed E-state index contributed by atoms with van der Waals surface area (Å²) in [5.74, 6) is 0.373. The molecule has 1 fully saturated rings. The first kappa shape index (κ1) is 15.5. The van der Waals surface area contributed by atoms with Gasteiger partial charge in [0.25, 0.3) is 0 Å². The predicted octanol–water partition coefficient (Wildman–Crippen LogP) is 3.21. The van der Waals surface area contributed by atoms with E-state index >= 15 is 0 Å². The van der Waals surface area contributed by atoms with Gasteiger partial charge in [-0.25, -0.2) is 4.79 Å². The van der Waals surface area contributed by atoms with Crippen molar-refractivity contribution in [2.24, 2.45) is 0 Å². The van der Waals surface area contributed by atoms with Crippen LogP contribution in [0.15, 0.2) is 18.2 Å². The SMILES string of the molecule is CC(C)(C)OC(=O)N1CCC(c2ccc(O)cc2O)CC1. The quantitative estimate of drug-likeness (QED) is 0.834. The van der Waals surface area contributed by atoms with Crippen molar-refractivity contribution in [3.8, 4) is 11.5 Å². The molecule has 2 N–H and O–H groups in total. The van der Waals surface area contributed by atoms with Gasteiger partial charge in [0.1, 0.15) is 17.1 Å². The Kier molecular flexibility index (Phi) is 4.30. The number of carbonyl (C=O) groups is 1. The topological polar surface area (TPSA) is 70.0 Å². The lowest BCUT2D eigenvalue weighted by molar-refractivity contribution is 0.0204. The van der Waals surface area contributed by atoms with Gasteiger partial charge >= 0.3 is 6.09 Å². The van der Waals surface area contributed by atoms with Crippen molar-refractivity contribution in [2.75, 3.05) is 13.1 Å². The van der Waals surface area contributed by atoms with E-state index in [9.17, 15) is 15.0 Å². The fourth-order valence-corrected chi connectivity index (χ4v) is 2.58. The second-order valence-corrected chi connectivity index (χ2v) is 6.48. The Balaban J connectivity index is 1.95. The van der Waals surface area contributed by atoms with E-state index in [4.69, 9.17) is 4.74 Å². The molecular weight excluding hydrogens is 270 g/mol. The van der Waals surface area contributed by atoms with Crippen LogP contribution in [0.3, 0.4) is 0 Å². The van der Waals surface area contributed by atoms with Gasteiger partial charge in [-0.2, -0.15) is 0 Å². The molecule has 1 heterocycles. The Morgan fingerprint density at radius 2 is 1.86 bits per heavy atom. The van der Waals surface area contributed by atoms with Crippen LogP contribution in [0.1, 0.15) is 45.1 Å². The number of carbonyl (C=O) groups excluding carboxylic acids is 1. The zero-order valence-electron chi connectivity index (χ0n) is 12.8. The van der Waals surface area contributed by atoms with E-state index in [1.807, 2.05) is 20.8 Å². The second kappa shape index (κ2) is 5.84. The zero-order valence-corrected chi connectivity index (χ0v) is 12.8. The standard InChI is InChI=1S/C16H23NO4/c1-16(2,3)21-15(20)17-8-6-11(7-9-17)13-5-4-12(18)10-14(13)19/h4-5,10-11,18-19H,6-9H2,1-3H3. The molecule has 5 nitrogen and oxygen atoms in total. The van der Waals surface area contributed by atoms with Crippen molar-refractivity contribution in [3.05, 3.63) is 23.8 Å². The van der Waals surface area contributed by atoms with Gasteiger partial charge in [0.2, 0.25) is 0 Å². The normalized spacial score (nSPS) is 16.8. The monoisotopic (exact) mass is 293 g/mol. The lowest BCUT2D eigenvalue weighted by atomic mass is 9.89. The molecule has 0 aromatic heterocycles. The van der Waals surface area contributed by atoms with Gasteiger partial charge in [0.05, 0.1) is 0 Å². The summed E-state index contributed by atoms with van der Waals surface area (Å²) in [6.45, 7) is 6.78. The zero-order chi connectivity index (χ0) is 15.6. The summed E-state index contributed by atoms with van der Waals surface area (Å²) in [6.07, 6.45) is 1.27. The van der Waals surface area contributed by atoms with Crippen molar-refractivity contribution in [3.63, 3.8) is 0 Å². The summed E-state index contributed by atoms with van der Waals surface area (Å²) in [6, 6.07) is 4.68. The lowest BCUT2D eigenvalue weighted by Crippen LogP contribution is -2.41. The van der Waals surface area contributed by atoms with E-state index in [0.29, 0.717) is 13.1 Å². The smallest absolute Gasteiger partial charge is 0.410 e. The molecule has 1 amide bonds. The summed E-state index contributed by atoms with van der Waals surface area (Å²) >= 11 is 0. The van der Waals surface area contributed by atoms with Gasteiger partial charge in [0.15, 0.2) is 0 Å². The minimum Gasteiger partial charge on any atom is -0.508 e. The number of phenols is 2. The number of hydrogen-bond donors (Lipinski definition) is 2. The van der Waals surface area contributed by atoms with Crippen molar-refractivity contribution in [2.45, 2.75) is 45.1 Å². The van der Waals surface area contributed by atoms with Crippen LogP contribution in [-0.4, -0.2) is 39.9 Å². The van der Waals surface area contributed by atoms with Gasteiger partial charge in [-0.15, -0.1) is 0 Å². The minimum absolute atomic E-state index is 0.0578. The van der Waals surface area contributed by atoms with E-state index in [1.54, 1.807) is 17.0 Å². The number of piperidine rings is 1. The molecule has 1 aromatic rings. The number of hydrogen-bond acceptors (Lipinski definition) is 4. The summed E-state index contributed by atoms with van der Waals surface area (Å²) < 4.78 is 5.36. The Labute approximate surface area is 125 Å². The van der Waals surface area contributed by atoms with E-state index < -0.39 is 5.60 Å². The molecule has 0 atom stereocenters. The van der Waals surface area contributed by atoms with E-state index in [2.05, 4.69) is 0 Å². The molecule has 1 aliphatic rings. The average Bonchev–Trinajstić information content (AvgIpc) is 2.37. The molecule has 0 spiro atoms. The number of aromatic hydroxyl groups is 2. The molecule has 0 aliphatic carbocycles. The molecule has 1 saturated heterocycles. The maximum atomic E-state index is 12.0. The van der Waals surface area contributed by atoms with Crippen molar-refractivity contribution in [1.82, 2.24) is 4.90 Å². The summed E-state index contributed by atoms with van der Waals surface area (Å²) in [4.78, 5) is 13.7. The first-order chi connectivity index (χ1) is 9.76. The van der Waals surface area contributed by atoms with Crippen molar-refractivity contribution in [1.29, 1.82) is 0 Å². The van der Waals surface area contributed by atoms with Crippen LogP contribution in [0.25, 0.3) is 0 Å². The van der Waals surface area contributed by atoms with Crippen LogP contribution >= 0.6 is 0 Å². The third-order valence-electron chi connectivity index (χ3n) is 3.60. The summed E-state index contributed by atoms with van der Waals surface area (Å²) in [7, 11) is 0. The molecule has 0 saturated carbocycles. The molecule has 5 heteroatoms. The van der Waals surface area contributed by atoms with Crippen molar-refractivity contribution < 1.29 is 19.7 Å². The van der Waals surface area contributed by atoms with Crippen LogP contribution < -0.4 is 0 Å². The molecular formula is C16H23NO4. The lowest BCUT2D eigenvalue weighted by Gasteiger charge is -2.33. The fourth-order valence-electron chi connectivity index (χ4n) is 2.58. The van der Waals surface area contributed by atoms with Gasteiger partial charge in [-0.05, 0) is 51.2 Å². The van der Waals surface area contributed by atoms with Crippen molar-refractivity contribution >= 4 is 6.09 Å². The maximum absolute atomic E-state index is 12.0. The largest absolute Gasteiger partial charge is 0.508 e. The highest BCUT2D eigenvalue weighted by Crippen LogP contribution is 2.35. The Morgan fingerprint density at radius 1 is 1.24 bits per heavy atom. The van der Waals surface area contributed by atoms with Gasteiger partial charge in [-0.3, -0.25) is 0 Å². The summed E-state index contributed by atoms with van der Waals surface area (Å²) in [5, 5.41) is 19.2. The minimum atomic E-state index is -0.483. The van der Waals surface area contributed by atoms with Crippen LogP contribution in [0.2, 0.25) is 0 Å². The van der Waals surface area contributed by atoms with E-state index in [0.717, 1.165) is 18.4 Å². The number of nitrogens with zero attached hydrogens (tertiary/aromatic N) is 1. The molecule has 2 rings (SSSR count). The summed E-state index contributed by atoms with van der Waals surface area (Å²) in [5.41, 5.74) is 0.347. The van der Waals surface area contributed by atoms with Gasteiger partial charge in [0, 0.05) is 19.2 Å². The number of phenolic OH excluding ortho intramolecular Hbond substituents is 2. The first-order valence-electron chi connectivity index (χ1n) is 7.26. The molecule has 0 radical (unpaired) electrons. The molecule has 116 valence electrons. The second-order valence-electron chi connectivity index (χ2n) is 6.48. The van der Waals surface area contributed by atoms with Crippen LogP contribution in [-0.2, 0) is 4.74 Å². The highest BCUT2D eigenvalue weighted by Gasteiger charge is 2.28. The Hall–Kier alpha value is -1.91. The highest BCUT2D eigenvalue weighted by atomic mass is 16.6. The van der Waals surface area contributed by atoms with E-state index in [1.165, 1.54) is 6.07 Å². The highest BCUT2D eigenvalue weighted by molar-refractivity contribution is 5.68. The molecule has 0 bridgehead atoms. The van der Waals surface area contributed by atoms with Crippen LogP contribution in [0.4, 0.5) is 4.79 Å². The van der Waals surface area contributed by atoms with E-state index in [-0.39, 0.29) is 23.5 Å². The number of amides is 1. The van der Waals surface area contributed by atoms with Gasteiger partial charge < -0.3 is 19.8 Å². The molecule has 1 aromatic carbocycles. The number of benzene rings is 1. The third kappa shape index (κ3) is 4.03. The molecule has 1 aliphatic heterocycles.